The van der Waals surface area contributed by atoms with Crippen molar-refractivity contribution in [2.45, 2.75) is 20.0 Å². The molecule has 0 amide bonds. The number of hydrogen-bond acceptors (Lipinski definition) is 4. The molecule has 1 aliphatic rings. The summed E-state index contributed by atoms with van der Waals surface area (Å²) < 4.78 is 5.33. The van der Waals surface area contributed by atoms with Crippen LogP contribution in [0.5, 0.6) is 0 Å². The third-order valence-corrected chi connectivity index (χ3v) is 3.71. The Bertz CT molecular complexity index is 400. The second-order valence-corrected chi connectivity index (χ2v) is 5.06. The largest absolute Gasteiger partial charge is 0.375 e. The molecule has 4 heteroatoms. The number of hydrogen-bond donors (Lipinski definition) is 0. The fourth-order valence-electron chi connectivity index (χ4n) is 2.35. The van der Waals surface area contributed by atoms with Crippen LogP contribution in [0.25, 0.3) is 0 Å². The molecule has 1 saturated heterocycles. The third-order valence-electron chi connectivity index (χ3n) is 3.71. The Morgan fingerprint density at radius 3 is 2.50 bits per heavy atom. The van der Waals surface area contributed by atoms with Gasteiger partial charge in [0.15, 0.2) is 0 Å². The van der Waals surface area contributed by atoms with E-state index in [0.29, 0.717) is 0 Å². The number of pyridine rings is 1. The second kappa shape index (κ2) is 5.67. The average Bonchev–Trinajstić information content (AvgIpc) is 2.38. The van der Waals surface area contributed by atoms with E-state index in [4.69, 9.17) is 4.74 Å². The molecule has 2 heterocycles. The van der Waals surface area contributed by atoms with Crippen LogP contribution in [0.15, 0.2) is 12.3 Å². The van der Waals surface area contributed by atoms with Crippen molar-refractivity contribution in [3.05, 3.63) is 23.5 Å². The van der Waals surface area contributed by atoms with Gasteiger partial charge in [-0.05, 0) is 32.5 Å². The van der Waals surface area contributed by atoms with Gasteiger partial charge >= 0.3 is 0 Å². The van der Waals surface area contributed by atoms with Crippen LogP contribution >= 0.6 is 0 Å². The first kappa shape index (κ1) is 13.3. The molecule has 18 heavy (non-hydrogen) atoms. The smallest absolute Gasteiger partial charge is 0.0965 e. The predicted octanol–water partition coefficient (Wildman–Crippen LogP) is 1.85. The minimum atomic E-state index is 0.0616. The van der Waals surface area contributed by atoms with Gasteiger partial charge in [-0.1, -0.05) is 0 Å². The molecule has 0 aliphatic carbocycles. The Kier molecular flexibility index (Phi) is 4.19. The molecule has 0 saturated carbocycles. The molecule has 1 aromatic heterocycles. The van der Waals surface area contributed by atoms with Crippen molar-refractivity contribution in [2.24, 2.45) is 0 Å². The highest BCUT2D eigenvalue weighted by molar-refractivity contribution is 5.48. The fourth-order valence-corrected chi connectivity index (χ4v) is 2.35. The standard InChI is InChI=1S/C14H23N3O/c1-11-9-13(10-15-14(11)12(2)18-4)17-7-5-16(3)6-8-17/h9-10,12H,5-8H2,1-4H3. The van der Waals surface area contributed by atoms with Gasteiger partial charge in [0.1, 0.15) is 0 Å². The Morgan fingerprint density at radius 1 is 1.28 bits per heavy atom. The van der Waals surface area contributed by atoms with Crippen LogP contribution in [0.3, 0.4) is 0 Å². The van der Waals surface area contributed by atoms with Gasteiger partial charge in [-0.15, -0.1) is 0 Å². The molecule has 2 rings (SSSR count). The number of likely N-dealkylation sites (N-methyl/N-ethyl adjacent to an activating group) is 1. The summed E-state index contributed by atoms with van der Waals surface area (Å²) in [5.41, 5.74) is 3.48. The molecule has 0 N–H and O–H groups in total. The van der Waals surface area contributed by atoms with Crippen molar-refractivity contribution >= 4 is 5.69 Å². The van der Waals surface area contributed by atoms with Crippen LogP contribution in [0.2, 0.25) is 0 Å². The number of ether oxygens (including phenoxy) is 1. The van der Waals surface area contributed by atoms with Gasteiger partial charge in [0.2, 0.25) is 0 Å². The molecule has 0 bridgehead atoms. The zero-order valence-corrected chi connectivity index (χ0v) is 11.8. The first-order chi connectivity index (χ1) is 8.61. The molecule has 1 fully saturated rings. The fraction of sp³-hybridized carbons (Fsp3) is 0.643. The molecule has 1 aliphatic heterocycles. The SMILES string of the molecule is COC(C)c1ncc(N2CCN(C)CC2)cc1C. The zero-order valence-electron chi connectivity index (χ0n) is 11.8. The first-order valence-electron chi connectivity index (χ1n) is 6.54. The van der Waals surface area contributed by atoms with Crippen molar-refractivity contribution in [1.82, 2.24) is 9.88 Å². The summed E-state index contributed by atoms with van der Waals surface area (Å²) in [6, 6.07) is 2.23. The lowest BCUT2D eigenvalue weighted by molar-refractivity contribution is 0.115. The van der Waals surface area contributed by atoms with Crippen LogP contribution in [0.4, 0.5) is 5.69 Å². The predicted molar refractivity (Wildman–Crippen MR) is 74.1 cm³/mol. The normalized spacial score (nSPS) is 19.0. The molecular weight excluding hydrogens is 226 g/mol. The maximum absolute atomic E-state index is 5.33. The molecule has 0 spiro atoms. The number of anilines is 1. The topological polar surface area (TPSA) is 28.6 Å². The van der Waals surface area contributed by atoms with Crippen molar-refractivity contribution in [3.63, 3.8) is 0 Å². The minimum Gasteiger partial charge on any atom is -0.375 e. The molecule has 100 valence electrons. The highest BCUT2D eigenvalue weighted by Gasteiger charge is 2.16. The van der Waals surface area contributed by atoms with Gasteiger partial charge in [0.05, 0.1) is 23.7 Å². The van der Waals surface area contributed by atoms with E-state index in [0.717, 1.165) is 31.9 Å². The molecule has 1 atom stereocenters. The van der Waals surface area contributed by atoms with Crippen LogP contribution in [-0.4, -0.2) is 50.2 Å². The Labute approximate surface area is 110 Å². The minimum absolute atomic E-state index is 0.0616. The molecule has 4 nitrogen and oxygen atoms in total. The van der Waals surface area contributed by atoms with Gasteiger partial charge < -0.3 is 14.5 Å². The van der Waals surface area contributed by atoms with Gasteiger partial charge in [0.25, 0.3) is 0 Å². The zero-order chi connectivity index (χ0) is 13.1. The highest BCUT2D eigenvalue weighted by Crippen LogP contribution is 2.23. The average molecular weight is 249 g/mol. The van der Waals surface area contributed by atoms with E-state index in [-0.39, 0.29) is 6.10 Å². The van der Waals surface area contributed by atoms with E-state index in [1.54, 1.807) is 7.11 Å². The van der Waals surface area contributed by atoms with E-state index in [1.165, 1.54) is 11.3 Å². The Balaban J connectivity index is 2.13. The van der Waals surface area contributed by atoms with E-state index >= 15 is 0 Å². The number of aryl methyl sites for hydroxylation is 1. The second-order valence-electron chi connectivity index (χ2n) is 5.06. The van der Waals surface area contributed by atoms with Crippen molar-refractivity contribution < 1.29 is 4.74 Å². The van der Waals surface area contributed by atoms with Crippen molar-refractivity contribution in [2.75, 3.05) is 45.2 Å². The summed E-state index contributed by atoms with van der Waals surface area (Å²) in [6.07, 6.45) is 2.04. The molecule has 1 unspecified atom stereocenters. The number of rotatable bonds is 3. The van der Waals surface area contributed by atoms with Gasteiger partial charge in [-0.3, -0.25) is 4.98 Å². The molecule has 1 aromatic rings. The summed E-state index contributed by atoms with van der Waals surface area (Å²) in [6.45, 7) is 8.54. The molecule has 0 radical (unpaired) electrons. The van der Waals surface area contributed by atoms with Crippen LogP contribution in [0, 0.1) is 6.92 Å². The van der Waals surface area contributed by atoms with Gasteiger partial charge in [-0.2, -0.15) is 0 Å². The van der Waals surface area contributed by atoms with E-state index in [2.05, 4.69) is 34.8 Å². The summed E-state index contributed by atoms with van der Waals surface area (Å²) in [5.74, 6) is 0. The Hall–Kier alpha value is -1.13. The van der Waals surface area contributed by atoms with Crippen molar-refractivity contribution in [3.8, 4) is 0 Å². The Morgan fingerprint density at radius 2 is 1.94 bits per heavy atom. The maximum Gasteiger partial charge on any atom is 0.0965 e. The molecular formula is C14H23N3O. The summed E-state index contributed by atoms with van der Waals surface area (Å²) in [5, 5.41) is 0. The van der Waals surface area contributed by atoms with E-state index in [9.17, 15) is 0 Å². The quantitative estimate of drug-likeness (QED) is 0.817. The lowest BCUT2D eigenvalue weighted by Crippen LogP contribution is -2.44. The highest BCUT2D eigenvalue weighted by atomic mass is 16.5. The van der Waals surface area contributed by atoms with Gasteiger partial charge in [-0.25, -0.2) is 0 Å². The van der Waals surface area contributed by atoms with E-state index in [1.807, 2.05) is 13.1 Å². The summed E-state index contributed by atoms with van der Waals surface area (Å²) in [7, 11) is 3.89. The van der Waals surface area contributed by atoms with Crippen LogP contribution < -0.4 is 4.90 Å². The number of nitrogens with zero attached hydrogens (tertiary/aromatic N) is 3. The van der Waals surface area contributed by atoms with Gasteiger partial charge in [0, 0.05) is 33.3 Å². The third kappa shape index (κ3) is 2.82. The lowest BCUT2D eigenvalue weighted by atomic mass is 10.1. The number of piperazine rings is 1. The van der Waals surface area contributed by atoms with E-state index < -0.39 is 0 Å². The lowest BCUT2D eigenvalue weighted by Gasteiger charge is -2.34. The maximum atomic E-state index is 5.33. The van der Waals surface area contributed by atoms with Crippen LogP contribution in [-0.2, 0) is 4.74 Å². The number of aromatic nitrogens is 1. The first-order valence-corrected chi connectivity index (χ1v) is 6.54. The van der Waals surface area contributed by atoms with Crippen LogP contribution in [0.1, 0.15) is 24.3 Å². The summed E-state index contributed by atoms with van der Waals surface area (Å²) >= 11 is 0. The monoisotopic (exact) mass is 249 g/mol. The number of methoxy groups -OCH3 is 1. The molecule has 0 aromatic carbocycles. The summed E-state index contributed by atoms with van der Waals surface area (Å²) in [4.78, 5) is 9.33. The van der Waals surface area contributed by atoms with Crippen molar-refractivity contribution in [1.29, 1.82) is 0 Å².